The number of phenols is 1. The van der Waals surface area contributed by atoms with Crippen LogP contribution in [-0.2, 0) is 17.8 Å². The number of carbonyl (C=O) groups excluding carboxylic acids is 1. The molecule has 1 amide bonds. The molecule has 2 aromatic heterocycles. The highest BCUT2D eigenvalue weighted by Crippen LogP contribution is 2.38. The van der Waals surface area contributed by atoms with Crippen LogP contribution in [0.5, 0.6) is 5.75 Å². The molecule has 0 unspecified atom stereocenters. The largest absolute Gasteiger partial charge is 0.508 e. The highest BCUT2D eigenvalue weighted by molar-refractivity contribution is 7.19. The Morgan fingerprint density at radius 3 is 2.67 bits per heavy atom. The van der Waals surface area contributed by atoms with Gasteiger partial charge in [0.1, 0.15) is 28.5 Å². The third-order valence-corrected chi connectivity index (χ3v) is 8.76. The first-order valence-corrected chi connectivity index (χ1v) is 14.3. The Bertz CT molecular complexity index is 1570. The molecule has 2 aromatic carbocycles. The first-order chi connectivity index (χ1) is 19.4. The zero-order valence-electron chi connectivity index (χ0n) is 21.7. The van der Waals surface area contributed by atoms with Gasteiger partial charge in [0.25, 0.3) is 0 Å². The monoisotopic (exact) mass is 578 g/mol. The molecule has 2 aliphatic rings. The lowest BCUT2D eigenvalue weighted by Crippen LogP contribution is -2.46. The van der Waals surface area contributed by atoms with Gasteiger partial charge < -0.3 is 20.2 Å². The van der Waals surface area contributed by atoms with Crippen LogP contribution >= 0.6 is 22.9 Å². The maximum Gasteiger partial charge on any atom is 0.246 e. The van der Waals surface area contributed by atoms with E-state index in [2.05, 4.69) is 25.1 Å². The maximum atomic E-state index is 13.6. The first-order valence-electron chi connectivity index (χ1n) is 13.1. The van der Waals surface area contributed by atoms with E-state index in [0.29, 0.717) is 31.0 Å². The fourth-order valence-electron chi connectivity index (χ4n) is 5.18. The van der Waals surface area contributed by atoms with Crippen molar-refractivity contribution in [2.45, 2.75) is 13.0 Å². The predicted molar refractivity (Wildman–Crippen MR) is 157 cm³/mol. The Labute approximate surface area is 240 Å². The van der Waals surface area contributed by atoms with Crippen LogP contribution < -0.4 is 10.2 Å². The van der Waals surface area contributed by atoms with Crippen molar-refractivity contribution < 1.29 is 14.3 Å². The number of hydrogen-bond donors (Lipinski definition) is 2. The predicted octanol–water partition coefficient (Wildman–Crippen LogP) is 5.20. The second kappa shape index (κ2) is 11.4. The second-order valence-corrected chi connectivity index (χ2v) is 11.4. The van der Waals surface area contributed by atoms with Crippen molar-refractivity contribution in [2.24, 2.45) is 0 Å². The number of carbonyl (C=O) groups is 1. The maximum absolute atomic E-state index is 13.6. The van der Waals surface area contributed by atoms with E-state index >= 15 is 0 Å². The van der Waals surface area contributed by atoms with Crippen LogP contribution in [0.15, 0.2) is 60.9 Å². The van der Waals surface area contributed by atoms with Crippen LogP contribution in [0.4, 0.5) is 21.6 Å². The molecule has 0 spiro atoms. The van der Waals surface area contributed by atoms with Gasteiger partial charge in [-0.2, -0.15) is 0 Å². The molecular formula is C29H28ClFN6O2S. The molecule has 0 atom stereocenters. The Kier molecular flexibility index (Phi) is 7.55. The van der Waals surface area contributed by atoms with Crippen molar-refractivity contribution in [2.75, 3.05) is 49.5 Å². The number of nitrogens with one attached hydrogen (secondary N) is 1. The van der Waals surface area contributed by atoms with E-state index in [4.69, 9.17) is 11.6 Å². The van der Waals surface area contributed by atoms with Gasteiger partial charge in [-0.15, -0.1) is 11.3 Å². The zero-order valence-corrected chi connectivity index (χ0v) is 23.3. The van der Waals surface area contributed by atoms with E-state index in [1.54, 1.807) is 35.6 Å². The van der Waals surface area contributed by atoms with Crippen molar-refractivity contribution in [3.05, 3.63) is 82.2 Å². The summed E-state index contributed by atoms with van der Waals surface area (Å²) in [5.41, 5.74) is 2.91. The molecule has 1 saturated heterocycles. The summed E-state index contributed by atoms with van der Waals surface area (Å²) in [7, 11) is 0. The molecule has 8 nitrogen and oxygen atoms in total. The Balaban J connectivity index is 1.06. The SMILES string of the molecule is O=C(/C=C/CN1CCN(c2ccc(O)cc2)CC1)N1CCc2c(sc3ncnc(Nc4ccc(F)c(Cl)c4)c23)C1. The Morgan fingerprint density at radius 1 is 1.10 bits per heavy atom. The number of amides is 1. The number of aromatic hydroxyl groups is 1. The molecule has 11 heteroatoms. The minimum Gasteiger partial charge on any atom is -0.508 e. The normalized spacial score (nSPS) is 16.1. The average molecular weight is 579 g/mol. The summed E-state index contributed by atoms with van der Waals surface area (Å²) >= 11 is 7.53. The summed E-state index contributed by atoms with van der Waals surface area (Å²) < 4.78 is 13.6. The number of thiophene rings is 1. The van der Waals surface area contributed by atoms with Gasteiger partial charge in [-0.1, -0.05) is 17.7 Å². The van der Waals surface area contributed by atoms with Crippen molar-refractivity contribution in [1.29, 1.82) is 0 Å². The number of aromatic nitrogens is 2. The summed E-state index contributed by atoms with van der Waals surface area (Å²) in [6.45, 7) is 5.51. The van der Waals surface area contributed by atoms with Crippen molar-refractivity contribution in [1.82, 2.24) is 19.8 Å². The molecule has 0 aliphatic carbocycles. The number of piperazine rings is 1. The molecule has 4 aromatic rings. The van der Waals surface area contributed by atoms with Gasteiger partial charge in [0.15, 0.2) is 0 Å². The summed E-state index contributed by atoms with van der Waals surface area (Å²) in [5.74, 6) is 0.462. The van der Waals surface area contributed by atoms with Crippen LogP contribution in [0.1, 0.15) is 10.4 Å². The average Bonchev–Trinajstić information content (AvgIpc) is 3.35. The van der Waals surface area contributed by atoms with Gasteiger partial charge >= 0.3 is 0 Å². The summed E-state index contributed by atoms with van der Waals surface area (Å²) in [6, 6.07) is 11.8. The van der Waals surface area contributed by atoms with Gasteiger partial charge in [-0.05, 0) is 54.4 Å². The standard InChI is InChI=1S/C29H28ClFN6O2S/c30-23-16-19(3-8-24(23)31)34-28-27-22-9-11-37(17-25(22)40-29(27)33-18-32-28)26(39)2-1-10-35-12-14-36(15-13-35)20-4-6-21(38)7-5-20/h1-8,16,18,38H,9-15,17H2,(H,32,33,34)/b2-1+. The summed E-state index contributed by atoms with van der Waals surface area (Å²) in [5, 5.41) is 13.7. The van der Waals surface area contributed by atoms with Gasteiger partial charge in [0, 0.05) is 61.6 Å². The van der Waals surface area contributed by atoms with Gasteiger partial charge in [0.05, 0.1) is 17.0 Å². The van der Waals surface area contributed by atoms with Crippen LogP contribution in [0.2, 0.25) is 5.02 Å². The minimum atomic E-state index is -0.472. The molecule has 206 valence electrons. The lowest BCUT2D eigenvalue weighted by Gasteiger charge is -2.35. The molecule has 2 N–H and O–H groups in total. The molecule has 4 heterocycles. The van der Waals surface area contributed by atoms with E-state index in [9.17, 15) is 14.3 Å². The van der Waals surface area contributed by atoms with Gasteiger partial charge in [0.2, 0.25) is 5.91 Å². The van der Waals surface area contributed by atoms with Crippen molar-refractivity contribution in [3.8, 4) is 5.75 Å². The molecule has 0 saturated carbocycles. The Morgan fingerprint density at radius 2 is 1.90 bits per heavy atom. The van der Waals surface area contributed by atoms with E-state index in [-0.39, 0.29) is 16.7 Å². The number of fused-ring (bicyclic) bond motifs is 3. The fraction of sp³-hybridized carbons (Fsp3) is 0.276. The zero-order chi connectivity index (χ0) is 27.6. The van der Waals surface area contributed by atoms with Crippen LogP contribution in [0, 0.1) is 5.82 Å². The lowest BCUT2D eigenvalue weighted by molar-refractivity contribution is -0.126. The number of anilines is 3. The molecule has 0 bridgehead atoms. The smallest absolute Gasteiger partial charge is 0.246 e. The molecule has 40 heavy (non-hydrogen) atoms. The second-order valence-electron chi connectivity index (χ2n) is 9.88. The van der Waals surface area contributed by atoms with E-state index in [1.165, 1.54) is 18.5 Å². The first kappa shape index (κ1) is 26.5. The summed E-state index contributed by atoms with van der Waals surface area (Å²) in [6.07, 6.45) is 5.87. The number of benzene rings is 2. The van der Waals surface area contributed by atoms with Crippen molar-refractivity contribution >= 4 is 56.3 Å². The number of hydrogen-bond acceptors (Lipinski definition) is 8. The van der Waals surface area contributed by atoms with Crippen LogP contribution in [0.3, 0.4) is 0 Å². The quantitative estimate of drug-likeness (QED) is 0.304. The highest BCUT2D eigenvalue weighted by atomic mass is 35.5. The van der Waals surface area contributed by atoms with E-state index in [0.717, 1.165) is 59.1 Å². The van der Waals surface area contributed by atoms with E-state index in [1.807, 2.05) is 23.1 Å². The number of phenolic OH excluding ortho intramolecular Hbond substituents is 1. The molecule has 1 fully saturated rings. The van der Waals surface area contributed by atoms with Gasteiger partial charge in [-0.25, -0.2) is 14.4 Å². The molecule has 6 rings (SSSR count). The van der Waals surface area contributed by atoms with Crippen LogP contribution in [-0.4, -0.2) is 70.1 Å². The van der Waals surface area contributed by atoms with Crippen LogP contribution in [0.25, 0.3) is 10.2 Å². The van der Waals surface area contributed by atoms with Gasteiger partial charge in [-0.3, -0.25) is 9.69 Å². The molecular weight excluding hydrogens is 551 g/mol. The number of rotatable bonds is 6. The molecule has 0 radical (unpaired) electrons. The fourth-order valence-corrected chi connectivity index (χ4v) is 6.56. The highest BCUT2D eigenvalue weighted by Gasteiger charge is 2.26. The third-order valence-electron chi connectivity index (χ3n) is 7.34. The number of halogens is 2. The molecule has 2 aliphatic heterocycles. The summed E-state index contributed by atoms with van der Waals surface area (Å²) in [4.78, 5) is 30.4. The Hall–Kier alpha value is -3.73. The number of nitrogens with zero attached hydrogens (tertiary/aromatic N) is 5. The minimum absolute atomic E-state index is 0.0104. The topological polar surface area (TPSA) is 84.8 Å². The van der Waals surface area contributed by atoms with E-state index < -0.39 is 5.82 Å². The lowest BCUT2D eigenvalue weighted by atomic mass is 10.0. The third kappa shape index (κ3) is 5.60. The van der Waals surface area contributed by atoms with Crippen molar-refractivity contribution in [3.63, 3.8) is 0 Å².